The predicted molar refractivity (Wildman–Crippen MR) is 124 cm³/mol. The second-order valence-electron chi connectivity index (χ2n) is 7.82. The van der Waals surface area contributed by atoms with Crippen molar-refractivity contribution in [3.63, 3.8) is 0 Å². The molecule has 3 amide bonds. The molecule has 3 N–H and O–H groups in total. The smallest absolute Gasteiger partial charge is 0.414 e. The molecule has 10 nitrogen and oxygen atoms in total. The fraction of sp³-hybridized carbons (Fsp3) is 0.304. The highest BCUT2D eigenvalue weighted by atomic mass is 16.6. The van der Waals surface area contributed by atoms with E-state index in [0.29, 0.717) is 6.54 Å². The van der Waals surface area contributed by atoms with Crippen LogP contribution in [-0.4, -0.2) is 57.9 Å². The fourth-order valence-corrected chi connectivity index (χ4v) is 3.11. The van der Waals surface area contributed by atoms with E-state index in [-0.39, 0.29) is 47.4 Å². The van der Waals surface area contributed by atoms with Crippen molar-refractivity contribution in [1.82, 2.24) is 25.1 Å². The van der Waals surface area contributed by atoms with Gasteiger partial charge >= 0.3 is 12.1 Å². The molecule has 2 heterocycles. The molecular weight excluding hydrogens is 426 g/mol. The molecule has 0 fully saturated rings. The first-order chi connectivity index (χ1) is 15.8. The van der Waals surface area contributed by atoms with Crippen molar-refractivity contribution >= 4 is 22.9 Å². The normalized spacial score (nSPS) is 10.8. The summed E-state index contributed by atoms with van der Waals surface area (Å²) in [6, 6.07) is 10.8. The minimum atomic E-state index is -0.841. The molecule has 0 unspecified atom stereocenters. The van der Waals surface area contributed by atoms with Crippen molar-refractivity contribution in [3.05, 3.63) is 64.7 Å². The van der Waals surface area contributed by atoms with E-state index >= 15 is 0 Å². The maximum atomic E-state index is 12.8. The molecule has 0 aliphatic rings. The number of likely N-dealkylation sites (N-methyl/N-ethyl adjacent to an activating group) is 1. The molecule has 0 saturated carbocycles. The molecule has 0 aliphatic heterocycles. The van der Waals surface area contributed by atoms with E-state index in [2.05, 4.69) is 15.6 Å². The van der Waals surface area contributed by atoms with Crippen molar-refractivity contribution in [2.45, 2.75) is 26.4 Å². The Labute approximate surface area is 190 Å². The SMILES string of the molecule is CC(C)NC(=O)N(C)CCNC(=O)Oc1ncc2c(=O)n(Cc3ccccc3)ccc2c1O. The van der Waals surface area contributed by atoms with Gasteiger partial charge in [0.15, 0.2) is 5.75 Å². The number of carbonyl (C=O) groups excluding carboxylic acids is 2. The van der Waals surface area contributed by atoms with Crippen LogP contribution in [0.15, 0.2) is 53.6 Å². The van der Waals surface area contributed by atoms with E-state index in [0.717, 1.165) is 5.56 Å². The highest BCUT2D eigenvalue weighted by molar-refractivity contribution is 5.89. The van der Waals surface area contributed by atoms with Gasteiger partial charge in [0.1, 0.15) is 0 Å². The number of carbonyl (C=O) groups is 2. The molecule has 1 aromatic carbocycles. The predicted octanol–water partition coefficient (Wildman–Crippen LogP) is 2.29. The highest BCUT2D eigenvalue weighted by Crippen LogP contribution is 2.30. The van der Waals surface area contributed by atoms with Crippen LogP contribution >= 0.6 is 0 Å². The van der Waals surface area contributed by atoms with Crippen molar-refractivity contribution in [2.75, 3.05) is 20.1 Å². The Morgan fingerprint density at radius 3 is 2.61 bits per heavy atom. The minimum Gasteiger partial charge on any atom is -0.503 e. The molecule has 33 heavy (non-hydrogen) atoms. The van der Waals surface area contributed by atoms with Gasteiger partial charge in [-0.2, -0.15) is 0 Å². The van der Waals surface area contributed by atoms with Crippen LogP contribution in [-0.2, 0) is 6.54 Å². The zero-order valence-electron chi connectivity index (χ0n) is 18.7. The largest absolute Gasteiger partial charge is 0.503 e. The van der Waals surface area contributed by atoms with Crippen molar-refractivity contribution < 1.29 is 19.4 Å². The number of amides is 3. The lowest BCUT2D eigenvalue weighted by Gasteiger charge is -2.19. The number of aromatic hydroxyl groups is 1. The number of ether oxygens (including phenoxy) is 1. The molecule has 0 spiro atoms. The maximum Gasteiger partial charge on any atom is 0.414 e. The quantitative estimate of drug-likeness (QED) is 0.504. The first kappa shape index (κ1) is 23.6. The topological polar surface area (TPSA) is 126 Å². The average Bonchev–Trinajstić information content (AvgIpc) is 2.78. The molecular formula is C23H27N5O5. The number of rotatable bonds is 7. The Kier molecular flexibility index (Phi) is 7.50. The van der Waals surface area contributed by atoms with Gasteiger partial charge in [0, 0.05) is 44.0 Å². The van der Waals surface area contributed by atoms with E-state index in [4.69, 9.17) is 4.74 Å². The van der Waals surface area contributed by atoms with Gasteiger partial charge in [-0.3, -0.25) is 4.79 Å². The van der Waals surface area contributed by atoms with Gasteiger partial charge in [-0.25, -0.2) is 14.6 Å². The number of pyridine rings is 2. The molecule has 3 rings (SSSR count). The van der Waals surface area contributed by atoms with Crippen molar-refractivity contribution in [1.29, 1.82) is 0 Å². The first-order valence-electron chi connectivity index (χ1n) is 10.5. The van der Waals surface area contributed by atoms with Crippen LogP contribution in [0, 0.1) is 0 Å². The maximum absolute atomic E-state index is 12.8. The summed E-state index contributed by atoms with van der Waals surface area (Å²) in [7, 11) is 1.60. The standard InChI is InChI=1S/C23H27N5O5/c1-15(2)26-22(31)27(3)12-10-24-23(32)33-20-19(29)17-9-11-28(21(30)18(17)13-25-20)14-16-7-5-4-6-8-16/h4-9,11,13,15,29H,10,12,14H2,1-3H3,(H,24,32)(H,26,31). The van der Waals surface area contributed by atoms with E-state index in [9.17, 15) is 19.5 Å². The van der Waals surface area contributed by atoms with Gasteiger partial charge < -0.3 is 29.9 Å². The Morgan fingerprint density at radius 2 is 1.91 bits per heavy atom. The van der Waals surface area contributed by atoms with Crippen molar-refractivity contribution in [2.24, 2.45) is 0 Å². The van der Waals surface area contributed by atoms with E-state index in [1.54, 1.807) is 19.3 Å². The third kappa shape index (κ3) is 6.00. The summed E-state index contributed by atoms with van der Waals surface area (Å²) < 4.78 is 6.60. The lowest BCUT2D eigenvalue weighted by molar-refractivity contribution is 0.191. The van der Waals surface area contributed by atoms with Crippen LogP contribution in [0.3, 0.4) is 0 Å². The van der Waals surface area contributed by atoms with Crippen LogP contribution in [0.5, 0.6) is 11.6 Å². The van der Waals surface area contributed by atoms with Gasteiger partial charge in [0.2, 0.25) is 0 Å². The monoisotopic (exact) mass is 453 g/mol. The summed E-state index contributed by atoms with van der Waals surface area (Å²) >= 11 is 0. The number of urea groups is 1. The van der Waals surface area contributed by atoms with Gasteiger partial charge in [-0.1, -0.05) is 30.3 Å². The molecule has 10 heteroatoms. The van der Waals surface area contributed by atoms with Crippen LogP contribution in [0.4, 0.5) is 9.59 Å². The number of hydrogen-bond acceptors (Lipinski definition) is 6. The van der Waals surface area contributed by atoms with Crippen LogP contribution in [0.1, 0.15) is 19.4 Å². The second kappa shape index (κ2) is 10.5. The number of nitrogens with zero attached hydrogens (tertiary/aromatic N) is 3. The molecule has 2 aromatic heterocycles. The molecule has 0 aliphatic carbocycles. The van der Waals surface area contributed by atoms with E-state index in [1.807, 2.05) is 44.2 Å². The van der Waals surface area contributed by atoms with Crippen molar-refractivity contribution in [3.8, 4) is 11.6 Å². The molecule has 0 saturated heterocycles. The summed E-state index contributed by atoms with van der Waals surface area (Å²) in [5, 5.41) is 16.2. The van der Waals surface area contributed by atoms with Gasteiger partial charge in [-0.15, -0.1) is 0 Å². The molecule has 174 valence electrons. The molecule has 0 radical (unpaired) electrons. The minimum absolute atomic E-state index is 0.00211. The average molecular weight is 453 g/mol. The summed E-state index contributed by atoms with van der Waals surface area (Å²) in [5.41, 5.74) is 0.637. The lowest BCUT2D eigenvalue weighted by Crippen LogP contribution is -2.44. The van der Waals surface area contributed by atoms with Gasteiger partial charge in [0.25, 0.3) is 11.4 Å². The summed E-state index contributed by atoms with van der Waals surface area (Å²) in [6.07, 6.45) is 2.00. The highest BCUT2D eigenvalue weighted by Gasteiger charge is 2.16. The zero-order valence-corrected chi connectivity index (χ0v) is 18.7. The summed E-state index contributed by atoms with van der Waals surface area (Å²) in [5.74, 6) is -0.717. The number of aromatic nitrogens is 2. The zero-order chi connectivity index (χ0) is 24.0. The molecule has 0 bridgehead atoms. The Morgan fingerprint density at radius 1 is 1.18 bits per heavy atom. The first-order valence-corrected chi connectivity index (χ1v) is 10.5. The third-order valence-corrected chi connectivity index (χ3v) is 4.83. The number of hydrogen-bond donors (Lipinski definition) is 3. The lowest BCUT2D eigenvalue weighted by atomic mass is 10.2. The molecule has 0 atom stereocenters. The van der Waals surface area contributed by atoms with E-state index < -0.39 is 11.8 Å². The van der Waals surface area contributed by atoms with E-state index in [1.165, 1.54) is 15.7 Å². The van der Waals surface area contributed by atoms with Crippen LogP contribution in [0.2, 0.25) is 0 Å². The number of benzene rings is 1. The Balaban J connectivity index is 1.65. The molecule has 3 aromatic rings. The van der Waals surface area contributed by atoms with Crippen LogP contribution < -0.4 is 20.9 Å². The number of nitrogens with one attached hydrogen (secondary N) is 2. The fourth-order valence-electron chi connectivity index (χ4n) is 3.11. The Hall–Kier alpha value is -4.08. The van der Waals surface area contributed by atoms with Crippen LogP contribution in [0.25, 0.3) is 10.8 Å². The Bertz CT molecular complexity index is 1190. The van der Waals surface area contributed by atoms with Gasteiger partial charge in [-0.05, 0) is 25.5 Å². The van der Waals surface area contributed by atoms with Gasteiger partial charge in [0.05, 0.1) is 11.9 Å². The third-order valence-electron chi connectivity index (χ3n) is 4.83. The summed E-state index contributed by atoms with van der Waals surface area (Å²) in [4.78, 5) is 42.1. The summed E-state index contributed by atoms with van der Waals surface area (Å²) in [6.45, 7) is 4.47. The number of fused-ring (bicyclic) bond motifs is 1. The second-order valence-corrected chi connectivity index (χ2v) is 7.82.